The van der Waals surface area contributed by atoms with Gasteiger partial charge < -0.3 is 4.74 Å². The van der Waals surface area contributed by atoms with E-state index in [1.165, 1.54) is 17.1 Å². The van der Waals surface area contributed by atoms with Crippen LogP contribution >= 0.6 is 0 Å². The van der Waals surface area contributed by atoms with Gasteiger partial charge in [-0.25, -0.2) is 5.01 Å². The van der Waals surface area contributed by atoms with Crippen LogP contribution in [0.15, 0.2) is 96.6 Å². The number of hydrazone groups is 1. The van der Waals surface area contributed by atoms with Gasteiger partial charge in [0.1, 0.15) is 18.5 Å². The SMILES string of the molecule is C=CCOc1cccc([C@H]2N(Cc3ccccc3)CC(=O)N2/N=C(/C)c2ccc([N+](=O)[O-])cc2)c1. The Morgan fingerprint density at radius 1 is 1.14 bits per heavy atom. The van der Waals surface area contributed by atoms with Gasteiger partial charge in [0.2, 0.25) is 0 Å². The molecule has 0 N–H and O–H groups in total. The molecule has 178 valence electrons. The first-order valence-corrected chi connectivity index (χ1v) is 11.2. The van der Waals surface area contributed by atoms with Crippen molar-refractivity contribution in [1.82, 2.24) is 9.91 Å². The zero-order chi connectivity index (χ0) is 24.8. The fraction of sp³-hybridized carbons (Fsp3) is 0.185. The van der Waals surface area contributed by atoms with E-state index in [-0.39, 0.29) is 18.1 Å². The molecule has 1 fully saturated rings. The molecule has 0 bridgehead atoms. The van der Waals surface area contributed by atoms with Gasteiger partial charge in [-0.3, -0.25) is 19.8 Å². The summed E-state index contributed by atoms with van der Waals surface area (Å²) in [6.07, 6.45) is 1.24. The quantitative estimate of drug-likeness (QED) is 0.192. The Kier molecular flexibility index (Phi) is 7.32. The zero-order valence-electron chi connectivity index (χ0n) is 19.4. The van der Waals surface area contributed by atoms with Crippen molar-refractivity contribution in [2.45, 2.75) is 19.6 Å². The lowest BCUT2D eigenvalue weighted by Crippen LogP contribution is -2.29. The number of nitro groups is 1. The van der Waals surface area contributed by atoms with Crippen molar-refractivity contribution < 1.29 is 14.5 Å². The van der Waals surface area contributed by atoms with Crippen LogP contribution in [0.2, 0.25) is 0 Å². The van der Waals surface area contributed by atoms with Gasteiger partial charge in [0, 0.05) is 18.7 Å². The molecular weight excluding hydrogens is 444 g/mol. The number of hydrogen-bond donors (Lipinski definition) is 0. The second kappa shape index (κ2) is 10.8. The molecule has 1 atom stereocenters. The number of ether oxygens (including phenoxy) is 1. The van der Waals surface area contributed by atoms with Gasteiger partial charge >= 0.3 is 0 Å². The molecule has 3 aromatic carbocycles. The molecule has 0 unspecified atom stereocenters. The number of rotatable bonds is 9. The fourth-order valence-electron chi connectivity index (χ4n) is 4.01. The number of non-ortho nitro benzene ring substituents is 1. The smallest absolute Gasteiger partial charge is 0.269 e. The van der Waals surface area contributed by atoms with Crippen molar-refractivity contribution in [3.05, 3.63) is 118 Å². The van der Waals surface area contributed by atoms with E-state index in [1.54, 1.807) is 25.1 Å². The van der Waals surface area contributed by atoms with E-state index in [0.29, 0.717) is 30.2 Å². The molecular formula is C27H26N4O4. The Labute approximate surface area is 203 Å². The average molecular weight is 471 g/mol. The molecule has 35 heavy (non-hydrogen) atoms. The Morgan fingerprint density at radius 3 is 2.57 bits per heavy atom. The number of nitrogens with zero attached hydrogens (tertiary/aromatic N) is 4. The molecule has 0 radical (unpaired) electrons. The van der Waals surface area contributed by atoms with Gasteiger partial charge in [0.15, 0.2) is 0 Å². The Morgan fingerprint density at radius 2 is 1.89 bits per heavy atom. The van der Waals surface area contributed by atoms with Gasteiger partial charge in [0.25, 0.3) is 11.6 Å². The zero-order valence-corrected chi connectivity index (χ0v) is 19.4. The number of carbonyl (C=O) groups excluding carboxylic acids is 1. The molecule has 1 heterocycles. The van der Waals surface area contributed by atoms with Crippen LogP contribution in [0.1, 0.15) is 29.8 Å². The Balaban J connectivity index is 1.69. The Hall–Kier alpha value is -4.30. The van der Waals surface area contributed by atoms with E-state index in [1.807, 2.05) is 54.6 Å². The van der Waals surface area contributed by atoms with E-state index in [9.17, 15) is 14.9 Å². The van der Waals surface area contributed by atoms with Crippen LogP contribution in [0.5, 0.6) is 5.75 Å². The molecule has 0 aliphatic carbocycles. The third-order valence-electron chi connectivity index (χ3n) is 5.68. The van der Waals surface area contributed by atoms with Crippen LogP contribution in [-0.4, -0.2) is 39.6 Å². The summed E-state index contributed by atoms with van der Waals surface area (Å²) >= 11 is 0. The lowest BCUT2D eigenvalue weighted by Gasteiger charge is -2.28. The summed E-state index contributed by atoms with van der Waals surface area (Å²) in [4.78, 5) is 25.8. The molecule has 8 nitrogen and oxygen atoms in total. The molecule has 1 aliphatic heterocycles. The second-order valence-corrected chi connectivity index (χ2v) is 8.16. The first-order chi connectivity index (χ1) is 17.0. The minimum absolute atomic E-state index is 0.00190. The van der Waals surface area contributed by atoms with Crippen molar-refractivity contribution in [3.8, 4) is 5.75 Å². The van der Waals surface area contributed by atoms with Crippen molar-refractivity contribution in [2.75, 3.05) is 13.2 Å². The average Bonchev–Trinajstić information content (AvgIpc) is 3.17. The number of nitro benzene ring substituents is 1. The van der Waals surface area contributed by atoms with Gasteiger partial charge in [-0.2, -0.15) is 5.10 Å². The largest absolute Gasteiger partial charge is 0.490 e. The molecule has 1 saturated heterocycles. The molecule has 0 spiro atoms. The van der Waals surface area contributed by atoms with E-state index < -0.39 is 11.1 Å². The van der Waals surface area contributed by atoms with E-state index in [0.717, 1.165) is 11.1 Å². The van der Waals surface area contributed by atoms with Crippen molar-refractivity contribution in [2.24, 2.45) is 5.10 Å². The van der Waals surface area contributed by atoms with Gasteiger partial charge in [-0.05, 0) is 47.9 Å². The second-order valence-electron chi connectivity index (χ2n) is 8.16. The van der Waals surface area contributed by atoms with E-state index >= 15 is 0 Å². The summed E-state index contributed by atoms with van der Waals surface area (Å²) in [6, 6.07) is 23.7. The predicted molar refractivity (Wildman–Crippen MR) is 134 cm³/mol. The fourth-order valence-corrected chi connectivity index (χ4v) is 4.01. The van der Waals surface area contributed by atoms with Crippen LogP contribution in [0.4, 0.5) is 5.69 Å². The highest BCUT2D eigenvalue weighted by molar-refractivity contribution is 5.99. The topological polar surface area (TPSA) is 88.3 Å². The summed E-state index contributed by atoms with van der Waals surface area (Å²) in [5.74, 6) is 0.544. The van der Waals surface area contributed by atoms with Gasteiger partial charge in [-0.1, -0.05) is 55.1 Å². The standard InChI is InChI=1S/C27H26N4O4/c1-3-16-35-25-11-7-10-23(17-25)27-29(18-21-8-5-4-6-9-21)19-26(32)30(27)28-20(2)22-12-14-24(15-13-22)31(33)34/h3-15,17,27H,1,16,18-19H2,2H3/b28-20-/t27-/m0/s1. The van der Waals surface area contributed by atoms with Crippen molar-refractivity contribution in [1.29, 1.82) is 0 Å². The molecule has 3 aromatic rings. The maximum Gasteiger partial charge on any atom is 0.269 e. The molecule has 4 rings (SSSR count). The lowest BCUT2D eigenvalue weighted by molar-refractivity contribution is -0.384. The van der Waals surface area contributed by atoms with Crippen molar-refractivity contribution >= 4 is 17.3 Å². The summed E-state index contributed by atoms with van der Waals surface area (Å²) < 4.78 is 5.72. The van der Waals surface area contributed by atoms with Crippen LogP contribution < -0.4 is 4.74 Å². The number of hydrogen-bond acceptors (Lipinski definition) is 6. The predicted octanol–water partition coefficient (Wildman–Crippen LogP) is 4.93. The first kappa shape index (κ1) is 23.8. The monoisotopic (exact) mass is 470 g/mol. The van der Waals surface area contributed by atoms with E-state index in [4.69, 9.17) is 4.74 Å². The highest BCUT2D eigenvalue weighted by Gasteiger charge is 2.39. The number of amides is 1. The van der Waals surface area contributed by atoms with Gasteiger partial charge in [-0.15, -0.1) is 0 Å². The summed E-state index contributed by atoms with van der Waals surface area (Å²) in [7, 11) is 0. The summed E-state index contributed by atoms with van der Waals surface area (Å²) in [5.41, 5.74) is 3.24. The number of benzene rings is 3. The maximum atomic E-state index is 13.2. The van der Waals surface area contributed by atoms with Gasteiger partial charge in [0.05, 0.1) is 17.2 Å². The lowest BCUT2D eigenvalue weighted by atomic mass is 10.1. The highest BCUT2D eigenvalue weighted by atomic mass is 16.6. The van der Waals surface area contributed by atoms with E-state index in [2.05, 4.69) is 16.6 Å². The van der Waals surface area contributed by atoms with Crippen LogP contribution in [0, 0.1) is 10.1 Å². The summed E-state index contributed by atoms with van der Waals surface area (Å²) in [5, 5.41) is 17.2. The molecule has 1 amide bonds. The molecule has 0 aromatic heterocycles. The molecule has 1 aliphatic rings. The summed E-state index contributed by atoms with van der Waals surface area (Å²) in [6.45, 7) is 6.63. The number of carbonyl (C=O) groups is 1. The molecule has 8 heteroatoms. The normalized spacial score (nSPS) is 16.4. The first-order valence-electron chi connectivity index (χ1n) is 11.2. The Bertz CT molecular complexity index is 1240. The van der Waals surface area contributed by atoms with Crippen LogP contribution in [0.3, 0.4) is 0 Å². The highest BCUT2D eigenvalue weighted by Crippen LogP contribution is 2.34. The maximum absolute atomic E-state index is 13.2. The van der Waals surface area contributed by atoms with Crippen LogP contribution in [0.25, 0.3) is 0 Å². The van der Waals surface area contributed by atoms with Crippen molar-refractivity contribution in [3.63, 3.8) is 0 Å². The third kappa shape index (κ3) is 5.62. The minimum atomic E-state index is -0.445. The minimum Gasteiger partial charge on any atom is -0.490 e. The third-order valence-corrected chi connectivity index (χ3v) is 5.68. The van der Waals surface area contributed by atoms with Crippen LogP contribution in [-0.2, 0) is 11.3 Å². The molecule has 0 saturated carbocycles.